The number of carbonyl (C=O) groups excluding carboxylic acids is 1. The van der Waals surface area contributed by atoms with Crippen molar-refractivity contribution in [2.24, 2.45) is 5.73 Å². The molecule has 4 heteroatoms. The molecule has 0 atom stereocenters. The van der Waals surface area contributed by atoms with E-state index in [4.69, 9.17) is 5.73 Å². The van der Waals surface area contributed by atoms with Gasteiger partial charge in [0.15, 0.2) is 0 Å². The van der Waals surface area contributed by atoms with Crippen molar-refractivity contribution in [1.82, 2.24) is 10.2 Å². The topological polar surface area (TPSA) is 58.4 Å². The van der Waals surface area contributed by atoms with Gasteiger partial charge in [-0.05, 0) is 29.9 Å². The van der Waals surface area contributed by atoms with Gasteiger partial charge < -0.3 is 16.0 Å². The number of piperidine rings is 1. The van der Waals surface area contributed by atoms with Crippen molar-refractivity contribution >= 4 is 6.03 Å². The Kier molecular flexibility index (Phi) is 5.01. The van der Waals surface area contributed by atoms with Crippen LogP contribution in [0.3, 0.4) is 0 Å². The summed E-state index contributed by atoms with van der Waals surface area (Å²) in [6.45, 7) is 6.83. The van der Waals surface area contributed by atoms with E-state index in [9.17, 15) is 4.79 Å². The highest BCUT2D eigenvalue weighted by Crippen LogP contribution is 2.15. The Bertz CT molecular complexity index is 434. The number of carbonyl (C=O) groups is 1. The molecule has 0 saturated carbocycles. The van der Waals surface area contributed by atoms with Crippen LogP contribution in [0, 0.1) is 0 Å². The van der Waals surface area contributed by atoms with Crippen LogP contribution in [0.4, 0.5) is 4.79 Å². The second kappa shape index (κ2) is 6.75. The van der Waals surface area contributed by atoms with E-state index in [1.165, 1.54) is 11.1 Å². The lowest BCUT2D eigenvalue weighted by atomic mass is 10.0. The Labute approximate surface area is 121 Å². The normalized spacial score (nSPS) is 16.6. The molecule has 0 aliphatic carbocycles. The zero-order chi connectivity index (χ0) is 14.5. The number of hydrogen-bond acceptors (Lipinski definition) is 2. The third-order valence-electron chi connectivity index (χ3n) is 4.05. The van der Waals surface area contributed by atoms with E-state index in [-0.39, 0.29) is 6.03 Å². The number of likely N-dealkylation sites (tertiary alicyclic amines) is 1. The first-order valence-corrected chi connectivity index (χ1v) is 7.43. The standard InChI is InChI=1S/C16H25N3O/c1-12(2)14-5-3-13(4-6-14)11-18-15-7-9-19(10-8-15)16(17)20/h3-6,12,15,18H,7-11H2,1-2H3,(H2,17,20). The van der Waals surface area contributed by atoms with Crippen molar-refractivity contribution in [3.63, 3.8) is 0 Å². The SMILES string of the molecule is CC(C)c1ccc(CNC2CCN(C(N)=O)CC2)cc1. The third kappa shape index (κ3) is 3.97. The van der Waals surface area contributed by atoms with E-state index in [1.807, 2.05) is 0 Å². The van der Waals surface area contributed by atoms with Crippen molar-refractivity contribution in [2.75, 3.05) is 13.1 Å². The van der Waals surface area contributed by atoms with Crippen molar-refractivity contribution in [2.45, 2.75) is 45.2 Å². The second-order valence-electron chi connectivity index (χ2n) is 5.88. The largest absolute Gasteiger partial charge is 0.351 e. The molecule has 110 valence electrons. The summed E-state index contributed by atoms with van der Waals surface area (Å²) in [7, 11) is 0. The van der Waals surface area contributed by atoms with Crippen molar-refractivity contribution in [1.29, 1.82) is 0 Å². The van der Waals surface area contributed by atoms with Crippen LogP contribution in [0.1, 0.15) is 43.7 Å². The van der Waals surface area contributed by atoms with E-state index >= 15 is 0 Å². The monoisotopic (exact) mass is 275 g/mol. The molecule has 4 nitrogen and oxygen atoms in total. The molecule has 0 aromatic heterocycles. The maximum atomic E-state index is 11.1. The first-order chi connectivity index (χ1) is 9.56. The van der Waals surface area contributed by atoms with Gasteiger partial charge in [0, 0.05) is 25.7 Å². The lowest BCUT2D eigenvalue weighted by Gasteiger charge is -2.31. The first kappa shape index (κ1) is 14.9. The van der Waals surface area contributed by atoms with Crippen LogP contribution in [-0.4, -0.2) is 30.1 Å². The molecule has 3 N–H and O–H groups in total. The summed E-state index contributed by atoms with van der Waals surface area (Å²) in [5.41, 5.74) is 7.97. The van der Waals surface area contributed by atoms with Gasteiger partial charge in [-0.15, -0.1) is 0 Å². The molecule has 0 radical (unpaired) electrons. The summed E-state index contributed by atoms with van der Waals surface area (Å²) in [4.78, 5) is 12.8. The van der Waals surface area contributed by atoms with Crippen molar-refractivity contribution in [3.05, 3.63) is 35.4 Å². The van der Waals surface area contributed by atoms with Gasteiger partial charge in [-0.1, -0.05) is 38.1 Å². The second-order valence-corrected chi connectivity index (χ2v) is 5.88. The van der Waals surface area contributed by atoms with Gasteiger partial charge in [-0.25, -0.2) is 4.79 Å². The van der Waals surface area contributed by atoms with Gasteiger partial charge in [0.05, 0.1) is 0 Å². The molecule has 2 amide bonds. The Morgan fingerprint density at radius 2 is 1.90 bits per heavy atom. The number of primary amides is 1. The summed E-state index contributed by atoms with van der Waals surface area (Å²) in [6, 6.07) is 8.99. The average Bonchev–Trinajstić information content (AvgIpc) is 2.46. The molecule has 2 rings (SSSR count). The minimum absolute atomic E-state index is 0.298. The summed E-state index contributed by atoms with van der Waals surface area (Å²) in [5, 5.41) is 3.57. The van der Waals surface area contributed by atoms with Gasteiger partial charge in [0.2, 0.25) is 0 Å². The molecule has 1 aromatic rings. The van der Waals surface area contributed by atoms with Crippen LogP contribution in [0.15, 0.2) is 24.3 Å². The molecule has 0 spiro atoms. The lowest BCUT2D eigenvalue weighted by Crippen LogP contribution is -2.46. The number of rotatable bonds is 4. The molecular weight excluding hydrogens is 250 g/mol. The average molecular weight is 275 g/mol. The van der Waals surface area contributed by atoms with E-state index in [0.717, 1.165) is 32.5 Å². The summed E-state index contributed by atoms with van der Waals surface area (Å²) in [5.74, 6) is 0.579. The van der Waals surface area contributed by atoms with Crippen molar-refractivity contribution in [3.8, 4) is 0 Å². The molecule has 1 aromatic carbocycles. The van der Waals surface area contributed by atoms with Gasteiger partial charge in [-0.3, -0.25) is 0 Å². The van der Waals surface area contributed by atoms with Gasteiger partial charge in [0.25, 0.3) is 0 Å². The van der Waals surface area contributed by atoms with Crippen LogP contribution in [0.5, 0.6) is 0 Å². The summed E-state index contributed by atoms with van der Waals surface area (Å²) in [6.07, 6.45) is 1.96. The fraction of sp³-hybridized carbons (Fsp3) is 0.562. The number of amides is 2. The van der Waals surface area contributed by atoms with Crippen LogP contribution in [0.2, 0.25) is 0 Å². The highest BCUT2D eigenvalue weighted by Gasteiger charge is 2.20. The molecule has 0 unspecified atom stereocenters. The van der Waals surface area contributed by atoms with E-state index in [0.29, 0.717) is 12.0 Å². The predicted octanol–water partition coefficient (Wildman–Crippen LogP) is 2.44. The van der Waals surface area contributed by atoms with Crippen LogP contribution >= 0.6 is 0 Å². The van der Waals surface area contributed by atoms with Crippen molar-refractivity contribution < 1.29 is 4.79 Å². The van der Waals surface area contributed by atoms with Gasteiger partial charge in [-0.2, -0.15) is 0 Å². The molecule has 1 saturated heterocycles. The number of nitrogens with two attached hydrogens (primary N) is 1. The number of nitrogens with zero attached hydrogens (tertiary/aromatic N) is 1. The molecule has 1 heterocycles. The fourth-order valence-corrected chi connectivity index (χ4v) is 2.59. The fourth-order valence-electron chi connectivity index (χ4n) is 2.59. The lowest BCUT2D eigenvalue weighted by molar-refractivity contribution is 0.185. The Hall–Kier alpha value is -1.55. The number of urea groups is 1. The highest BCUT2D eigenvalue weighted by atomic mass is 16.2. The Morgan fingerprint density at radius 3 is 2.40 bits per heavy atom. The summed E-state index contributed by atoms with van der Waals surface area (Å²) < 4.78 is 0. The minimum Gasteiger partial charge on any atom is -0.351 e. The van der Waals surface area contributed by atoms with E-state index < -0.39 is 0 Å². The van der Waals surface area contributed by atoms with Crippen LogP contribution in [-0.2, 0) is 6.54 Å². The maximum absolute atomic E-state index is 11.1. The Balaban J connectivity index is 1.77. The van der Waals surface area contributed by atoms with Crippen LogP contribution in [0.25, 0.3) is 0 Å². The first-order valence-electron chi connectivity index (χ1n) is 7.43. The molecule has 1 fully saturated rings. The third-order valence-corrected chi connectivity index (χ3v) is 4.05. The Morgan fingerprint density at radius 1 is 1.30 bits per heavy atom. The maximum Gasteiger partial charge on any atom is 0.314 e. The molecule has 1 aliphatic heterocycles. The zero-order valence-electron chi connectivity index (χ0n) is 12.4. The van der Waals surface area contributed by atoms with Crippen LogP contribution < -0.4 is 11.1 Å². The summed E-state index contributed by atoms with van der Waals surface area (Å²) >= 11 is 0. The molecule has 1 aliphatic rings. The predicted molar refractivity (Wildman–Crippen MR) is 81.5 cm³/mol. The number of hydrogen-bond donors (Lipinski definition) is 2. The quantitative estimate of drug-likeness (QED) is 0.886. The van der Waals surface area contributed by atoms with E-state index in [2.05, 4.69) is 43.4 Å². The zero-order valence-corrected chi connectivity index (χ0v) is 12.4. The van der Waals surface area contributed by atoms with E-state index in [1.54, 1.807) is 4.90 Å². The highest BCUT2D eigenvalue weighted by molar-refractivity contribution is 5.72. The van der Waals surface area contributed by atoms with Gasteiger partial charge >= 0.3 is 6.03 Å². The number of nitrogens with one attached hydrogen (secondary N) is 1. The minimum atomic E-state index is -0.298. The smallest absolute Gasteiger partial charge is 0.314 e. The molecule has 0 bridgehead atoms. The molecular formula is C16H25N3O. The number of benzene rings is 1. The molecule has 20 heavy (non-hydrogen) atoms. The van der Waals surface area contributed by atoms with Gasteiger partial charge in [0.1, 0.15) is 0 Å².